The SMILES string of the molecule is CC1(C)c2cccc(-c3ccccc3)c2-c2cccc(Nc3ccccc3)c21. The van der Waals surface area contributed by atoms with E-state index in [-0.39, 0.29) is 5.41 Å². The summed E-state index contributed by atoms with van der Waals surface area (Å²) in [5.74, 6) is 0. The monoisotopic (exact) mass is 361 g/mol. The van der Waals surface area contributed by atoms with Crippen molar-refractivity contribution in [2.75, 3.05) is 5.32 Å². The zero-order valence-electron chi connectivity index (χ0n) is 16.2. The highest BCUT2D eigenvalue weighted by atomic mass is 14.9. The first-order chi connectivity index (χ1) is 13.7. The standard InChI is InChI=1S/C27H23N/c1-27(2)23-17-9-15-21(19-11-5-3-6-12-19)25(23)22-16-10-18-24(26(22)27)28-20-13-7-4-8-14-20/h3-18,28H,1-2H3. The Morgan fingerprint density at radius 1 is 0.607 bits per heavy atom. The van der Waals surface area contributed by atoms with Crippen molar-refractivity contribution in [1.29, 1.82) is 0 Å². The van der Waals surface area contributed by atoms with Crippen molar-refractivity contribution in [3.8, 4) is 22.3 Å². The van der Waals surface area contributed by atoms with Crippen LogP contribution in [0.4, 0.5) is 11.4 Å². The van der Waals surface area contributed by atoms with Crippen LogP contribution in [0.1, 0.15) is 25.0 Å². The topological polar surface area (TPSA) is 12.0 Å². The van der Waals surface area contributed by atoms with Gasteiger partial charge < -0.3 is 5.32 Å². The van der Waals surface area contributed by atoms with Crippen molar-refractivity contribution in [1.82, 2.24) is 0 Å². The summed E-state index contributed by atoms with van der Waals surface area (Å²) in [4.78, 5) is 0. The lowest BCUT2D eigenvalue weighted by Crippen LogP contribution is -2.16. The average Bonchev–Trinajstić information content (AvgIpc) is 2.98. The number of benzene rings is 4. The number of rotatable bonds is 3. The second-order valence-electron chi connectivity index (χ2n) is 7.94. The van der Waals surface area contributed by atoms with Gasteiger partial charge in [-0.05, 0) is 51.6 Å². The molecule has 0 aliphatic heterocycles. The Morgan fingerprint density at radius 2 is 1.25 bits per heavy atom. The normalized spacial score (nSPS) is 13.6. The molecule has 1 aliphatic rings. The van der Waals surface area contributed by atoms with Gasteiger partial charge in [0, 0.05) is 16.8 Å². The lowest BCUT2D eigenvalue weighted by Gasteiger charge is -2.25. The highest BCUT2D eigenvalue weighted by Crippen LogP contribution is 2.54. The van der Waals surface area contributed by atoms with Gasteiger partial charge in [-0.15, -0.1) is 0 Å². The second kappa shape index (κ2) is 6.38. The molecule has 0 radical (unpaired) electrons. The Morgan fingerprint density at radius 3 is 2.00 bits per heavy atom. The molecular formula is C27H23N. The van der Waals surface area contributed by atoms with E-state index in [9.17, 15) is 0 Å². The van der Waals surface area contributed by atoms with Gasteiger partial charge in [0.05, 0.1) is 0 Å². The fraction of sp³-hybridized carbons (Fsp3) is 0.111. The van der Waals surface area contributed by atoms with Crippen LogP contribution in [0.3, 0.4) is 0 Å². The predicted molar refractivity (Wildman–Crippen MR) is 119 cm³/mol. The van der Waals surface area contributed by atoms with E-state index in [1.165, 1.54) is 39.1 Å². The molecule has 0 fully saturated rings. The Kier molecular flexibility index (Phi) is 3.84. The average molecular weight is 361 g/mol. The van der Waals surface area contributed by atoms with E-state index in [2.05, 4.69) is 110 Å². The lowest BCUT2D eigenvalue weighted by atomic mass is 9.81. The molecule has 0 unspecified atom stereocenters. The van der Waals surface area contributed by atoms with Gasteiger partial charge >= 0.3 is 0 Å². The molecule has 0 bridgehead atoms. The molecule has 1 N–H and O–H groups in total. The summed E-state index contributed by atoms with van der Waals surface area (Å²) in [5, 5.41) is 3.65. The van der Waals surface area contributed by atoms with Crippen LogP contribution in [0.25, 0.3) is 22.3 Å². The van der Waals surface area contributed by atoms with Crippen molar-refractivity contribution in [3.05, 3.63) is 108 Å². The van der Waals surface area contributed by atoms with Crippen molar-refractivity contribution >= 4 is 11.4 Å². The van der Waals surface area contributed by atoms with Gasteiger partial charge in [0.1, 0.15) is 0 Å². The number of hydrogen-bond donors (Lipinski definition) is 1. The molecule has 0 saturated heterocycles. The molecule has 0 amide bonds. The summed E-state index contributed by atoms with van der Waals surface area (Å²) >= 11 is 0. The van der Waals surface area contributed by atoms with Gasteiger partial charge in [-0.25, -0.2) is 0 Å². The maximum atomic E-state index is 3.65. The summed E-state index contributed by atoms with van der Waals surface area (Å²) in [7, 11) is 0. The molecule has 1 aliphatic carbocycles. The molecule has 1 heteroatoms. The van der Waals surface area contributed by atoms with Crippen molar-refractivity contribution in [2.45, 2.75) is 19.3 Å². The third-order valence-electron chi connectivity index (χ3n) is 5.83. The molecule has 4 aromatic rings. The summed E-state index contributed by atoms with van der Waals surface area (Å²) in [6.07, 6.45) is 0. The molecule has 0 saturated carbocycles. The lowest BCUT2D eigenvalue weighted by molar-refractivity contribution is 0.662. The van der Waals surface area contributed by atoms with E-state index in [1.54, 1.807) is 0 Å². The smallest absolute Gasteiger partial charge is 0.0431 e. The quantitative estimate of drug-likeness (QED) is 0.401. The molecule has 5 rings (SSSR count). The maximum absolute atomic E-state index is 3.65. The van der Waals surface area contributed by atoms with Crippen LogP contribution >= 0.6 is 0 Å². The fourth-order valence-electron chi connectivity index (χ4n) is 4.57. The molecule has 0 atom stereocenters. The molecule has 28 heavy (non-hydrogen) atoms. The van der Waals surface area contributed by atoms with E-state index in [1.807, 2.05) is 6.07 Å². The minimum absolute atomic E-state index is 0.0617. The molecule has 136 valence electrons. The Hall–Kier alpha value is -3.32. The number of anilines is 2. The zero-order valence-corrected chi connectivity index (χ0v) is 16.2. The Bertz CT molecular complexity index is 1140. The van der Waals surface area contributed by atoms with Crippen LogP contribution in [0.5, 0.6) is 0 Å². The van der Waals surface area contributed by atoms with E-state index in [4.69, 9.17) is 0 Å². The van der Waals surface area contributed by atoms with Crippen LogP contribution in [-0.2, 0) is 5.41 Å². The molecule has 4 aromatic carbocycles. The van der Waals surface area contributed by atoms with Crippen molar-refractivity contribution in [3.63, 3.8) is 0 Å². The predicted octanol–water partition coefficient (Wildman–Crippen LogP) is 7.40. The number of hydrogen-bond acceptors (Lipinski definition) is 1. The van der Waals surface area contributed by atoms with Crippen LogP contribution in [0.15, 0.2) is 97.1 Å². The first kappa shape index (κ1) is 16.8. The highest BCUT2D eigenvalue weighted by Gasteiger charge is 2.38. The van der Waals surface area contributed by atoms with Gasteiger partial charge in [0.2, 0.25) is 0 Å². The summed E-state index contributed by atoms with van der Waals surface area (Å²) < 4.78 is 0. The maximum Gasteiger partial charge on any atom is 0.0431 e. The second-order valence-corrected chi connectivity index (χ2v) is 7.94. The summed E-state index contributed by atoms with van der Waals surface area (Å²) in [6.45, 7) is 4.67. The fourth-order valence-corrected chi connectivity index (χ4v) is 4.57. The Labute approximate surface area is 166 Å². The minimum Gasteiger partial charge on any atom is -0.355 e. The van der Waals surface area contributed by atoms with Crippen LogP contribution in [-0.4, -0.2) is 0 Å². The van der Waals surface area contributed by atoms with Gasteiger partial charge in [0.25, 0.3) is 0 Å². The van der Waals surface area contributed by atoms with E-state index in [0.717, 1.165) is 5.69 Å². The number of nitrogens with one attached hydrogen (secondary N) is 1. The first-order valence-corrected chi connectivity index (χ1v) is 9.81. The molecule has 1 nitrogen and oxygen atoms in total. The zero-order chi connectivity index (χ0) is 19.1. The van der Waals surface area contributed by atoms with Gasteiger partial charge in [-0.1, -0.05) is 92.7 Å². The third kappa shape index (κ3) is 2.55. The number of fused-ring (bicyclic) bond motifs is 3. The van der Waals surface area contributed by atoms with Crippen molar-refractivity contribution < 1.29 is 0 Å². The van der Waals surface area contributed by atoms with Gasteiger partial charge in [-0.3, -0.25) is 0 Å². The van der Waals surface area contributed by atoms with E-state index >= 15 is 0 Å². The Balaban J connectivity index is 1.73. The van der Waals surface area contributed by atoms with Gasteiger partial charge in [-0.2, -0.15) is 0 Å². The van der Waals surface area contributed by atoms with Crippen LogP contribution in [0, 0.1) is 0 Å². The molecule has 0 aromatic heterocycles. The minimum atomic E-state index is -0.0617. The van der Waals surface area contributed by atoms with Crippen LogP contribution < -0.4 is 5.32 Å². The van der Waals surface area contributed by atoms with Crippen LogP contribution in [0.2, 0.25) is 0 Å². The molecule has 0 spiro atoms. The van der Waals surface area contributed by atoms with Gasteiger partial charge in [0.15, 0.2) is 0 Å². The van der Waals surface area contributed by atoms with Crippen molar-refractivity contribution in [2.24, 2.45) is 0 Å². The largest absolute Gasteiger partial charge is 0.355 e. The summed E-state index contributed by atoms with van der Waals surface area (Å²) in [5.41, 5.74) is 10.3. The first-order valence-electron chi connectivity index (χ1n) is 9.81. The van der Waals surface area contributed by atoms with E-state index in [0.29, 0.717) is 0 Å². The number of para-hydroxylation sites is 1. The summed E-state index contributed by atoms with van der Waals surface area (Å²) in [6, 6.07) is 34.5. The molecular weight excluding hydrogens is 338 g/mol. The van der Waals surface area contributed by atoms with E-state index < -0.39 is 0 Å². The highest BCUT2D eigenvalue weighted by molar-refractivity contribution is 5.95. The molecule has 0 heterocycles. The third-order valence-corrected chi connectivity index (χ3v) is 5.83.